The molecule has 0 saturated heterocycles. The number of rotatable bonds is 4. The average molecular weight is 268 g/mol. The molecule has 0 amide bonds. The standard InChI is InChI=1S/C9H12N6O2S/c1-2-5-3-15(9(17)11-7(5)16)4-6-13-14-8(12-10)18-6/h3H,2,4,10H2,1H3,(H,12,14)(H,11,16,17). The van der Waals surface area contributed by atoms with Gasteiger partial charge in [-0.25, -0.2) is 10.6 Å². The van der Waals surface area contributed by atoms with Crippen molar-refractivity contribution in [2.24, 2.45) is 5.84 Å². The molecule has 2 aromatic rings. The highest BCUT2D eigenvalue weighted by Gasteiger charge is 2.07. The zero-order chi connectivity index (χ0) is 13.1. The lowest BCUT2D eigenvalue weighted by Crippen LogP contribution is -2.31. The van der Waals surface area contributed by atoms with Gasteiger partial charge in [-0.15, -0.1) is 10.2 Å². The fraction of sp³-hybridized carbons (Fsp3) is 0.333. The van der Waals surface area contributed by atoms with Crippen molar-refractivity contribution in [2.45, 2.75) is 19.9 Å². The van der Waals surface area contributed by atoms with Crippen LogP contribution in [0.2, 0.25) is 0 Å². The van der Waals surface area contributed by atoms with Crippen LogP contribution in [0.25, 0.3) is 0 Å². The van der Waals surface area contributed by atoms with Crippen molar-refractivity contribution in [3.05, 3.63) is 37.6 Å². The van der Waals surface area contributed by atoms with Crippen LogP contribution in [-0.4, -0.2) is 19.7 Å². The van der Waals surface area contributed by atoms with Gasteiger partial charge in [-0.1, -0.05) is 18.3 Å². The maximum atomic E-state index is 11.6. The van der Waals surface area contributed by atoms with E-state index >= 15 is 0 Å². The summed E-state index contributed by atoms with van der Waals surface area (Å²) in [6.07, 6.45) is 2.10. The maximum Gasteiger partial charge on any atom is 0.328 e. The third-order valence-electron chi connectivity index (χ3n) is 2.36. The highest BCUT2D eigenvalue weighted by Crippen LogP contribution is 2.13. The van der Waals surface area contributed by atoms with Crippen LogP contribution in [0.1, 0.15) is 17.5 Å². The Balaban J connectivity index is 2.34. The number of aryl methyl sites for hydroxylation is 1. The molecular weight excluding hydrogens is 256 g/mol. The van der Waals surface area contributed by atoms with Crippen molar-refractivity contribution in [3.63, 3.8) is 0 Å². The van der Waals surface area contributed by atoms with Gasteiger partial charge in [-0.3, -0.25) is 19.8 Å². The van der Waals surface area contributed by atoms with Gasteiger partial charge in [0.1, 0.15) is 5.01 Å². The number of nitrogens with one attached hydrogen (secondary N) is 2. The summed E-state index contributed by atoms with van der Waals surface area (Å²) < 4.78 is 1.39. The second-order valence-corrected chi connectivity index (χ2v) is 4.60. The molecule has 0 unspecified atom stereocenters. The molecule has 0 spiro atoms. The van der Waals surface area contributed by atoms with Gasteiger partial charge in [0.2, 0.25) is 5.13 Å². The molecule has 0 saturated carbocycles. The lowest BCUT2D eigenvalue weighted by atomic mass is 10.3. The van der Waals surface area contributed by atoms with E-state index in [1.807, 2.05) is 6.92 Å². The molecule has 9 heteroatoms. The van der Waals surface area contributed by atoms with E-state index in [0.717, 1.165) is 0 Å². The van der Waals surface area contributed by atoms with Gasteiger partial charge in [-0.2, -0.15) is 0 Å². The third kappa shape index (κ3) is 2.46. The first-order chi connectivity index (χ1) is 8.63. The van der Waals surface area contributed by atoms with Crippen molar-refractivity contribution < 1.29 is 0 Å². The number of aromatic nitrogens is 4. The second kappa shape index (κ2) is 5.10. The molecule has 0 aromatic carbocycles. The topological polar surface area (TPSA) is 119 Å². The Hall–Kier alpha value is -2.00. The molecule has 8 nitrogen and oxygen atoms in total. The summed E-state index contributed by atoms with van der Waals surface area (Å²) in [5.41, 5.74) is 2.12. The lowest BCUT2D eigenvalue weighted by Gasteiger charge is -2.03. The number of hydrazine groups is 1. The number of nitrogens with two attached hydrogens (primary N) is 1. The quantitative estimate of drug-likeness (QED) is 0.497. The number of hydrogen-bond acceptors (Lipinski definition) is 7. The molecule has 0 radical (unpaired) electrons. The molecule has 0 fully saturated rings. The molecule has 0 aliphatic carbocycles. The van der Waals surface area contributed by atoms with Crippen molar-refractivity contribution in [2.75, 3.05) is 5.43 Å². The van der Waals surface area contributed by atoms with Crippen molar-refractivity contribution in [3.8, 4) is 0 Å². The molecule has 18 heavy (non-hydrogen) atoms. The van der Waals surface area contributed by atoms with Crippen LogP contribution in [0.5, 0.6) is 0 Å². The minimum absolute atomic E-state index is 0.252. The van der Waals surface area contributed by atoms with Gasteiger partial charge >= 0.3 is 5.69 Å². The smallest absolute Gasteiger partial charge is 0.298 e. The van der Waals surface area contributed by atoms with Gasteiger partial charge in [-0.05, 0) is 6.42 Å². The summed E-state index contributed by atoms with van der Waals surface area (Å²) in [6.45, 7) is 2.10. The van der Waals surface area contributed by atoms with Crippen molar-refractivity contribution >= 4 is 16.5 Å². The van der Waals surface area contributed by atoms with Crippen molar-refractivity contribution in [1.82, 2.24) is 19.7 Å². The molecule has 0 atom stereocenters. The van der Waals surface area contributed by atoms with E-state index in [-0.39, 0.29) is 12.1 Å². The number of nitrogen functional groups attached to an aromatic ring is 1. The number of anilines is 1. The van der Waals surface area contributed by atoms with Crippen LogP contribution < -0.4 is 22.5 Å². The molecule has 0 aliphatic rings. The van der Waals surface area contributed by atoms with Crippen LogP contribution in [0.4, 0.5) is 5.13 Å². The number of hydrogen-bond donors (Lipinski definition) is 3. The van der Waals surface area contributed by atoms with E-state index in [1.165, 1.54) is 22.1 Å². The first-order valence-corrected chi connectivity index (χ1v) is 6.07. The van der Waals surface area contributed by atoms with Crippen LogP contribution >= 0.6 is 11.3 Å². The summed E-state index contributed by atoms with van der Waals surface area (Å²) in [7, 11) is 0. The van der Waals surface area contributed by atoms with Crippen LogP contribution in [0, 0.1) is 0 Å². The first-order valence-electron chi connectivity index (χ1n) is 5.25. The zero-order valence-corrected chi connectivity index (χ0v) is 10.5. The van der Waals surface area contributed by atoms with Crippen molar-refractivity contribution in [1.29, 1.82) is 0 Å². The molecule has 0 bridgehead atoms. The Morgan fingerprint density at radius 3 is 2.89 bits per heavy atom. The van der Waals surface area contributed by atoms with Gasteiger partial charge in [0.05, 0.1) is 6.54 Å². The summed E-state index contributed by atoms with van der Waals surface area (Å²) in [6, 6.07) is 0. The van der Waals surface area contributed by atoms with E-state index in [1.54, 1.807) is 0 Å². The van der Waals surface area contributed by atoms with Gasteiger partial charge in [0.25, 0.3) is 5.56 Å². The van der Waals surface area contributed by atoms with E-state index < -0.39 is 5.69 Å². The summed E-state index contributed by atoms with van der Waals surface area (Å²) in [4.78, 5) is 25.3. The lowest BCUT2D eigenvalue weighted by molar-refractivity contribution is 0.698. The SMILES string of the molecule is CCc1cn(Cc2nnc(NN)s2)c(=O)[nH]c1=O. The number of H-pyrrole nitrogens is 1. The normalized spacial score (nSPS) is 10.6. The second-order valence-electron chi connectivity index (χ2n) is 3.54. The van der Waals surface area contributed by atoms with Gasteiger partial charge < -0.3 is 0 Å². The monoisotopic (exact) mass is 268 g/mol. The van der Waals surface area contributed by atoms with E-state index in [0.29, 0.717) is 22.1 Å². The molecule has 2 rings (SSSR count). The van der Waals surface area contributed by atoms with E-state index in [4.69, 9.17) is 5.84 Å². The highest BCUT2D eigenvalue weighted by atomic mass is 32.1. The molecule has 4 N–H and O–H groups in total. The Morgan fingerprint density at radius 2 is 2.28 bits per heavy atom. The Bertz CT molecular complexity index is 658. The third-order valence-corrected chi connectivity index (χ3v) is 3.20. The Kier molecular flexibility index (Phi) is 3.53. The minimum Gasteiger partial charge on any atom is -0.298 e. The Labute approximate surface area is 105 Å². The highest BCUT2D eigenvalue weighted by molar-refractivity contribution is 7.15. The van der Waals surface area contributed by atoms with Crippen LogP contribution in [0.3, 0.4) is 0 Å². The number of aromatic amines is 1. The van der Waals surface area contributed by atoms with Gasteiger partial charge in [0.15, 0.2) is 0 Å². The summed E-state index contributed by atoms with van der Waals surface area (Å²) in [5, 5.41) is 8.74. The fourth-order valence-corrected chi connectivity index (χ4v) is 2.09. The largest absolute Gasteiger partial charge is 0.328 e. The average Bonchev–Trinajstić information content (AvgIpc) is 2.80. The van der Waals surface area contributed by atoms with E-state index in [2.05, 4.69) is 20.6 Å². The van der Waals surface area contributed by atoms with E-state index in [9.17, 15) is 9.59 Å². The maximum absolute atomic E-state index is 11.6. The predicted octanol–water partition coefficient (Wildman–Crippen LogP) is -0.716. The van der Waals surface area contributed by atoms with Gasteiger partial charge in [0, 0.05) is 11.8 Å². The predicted molar refractivity (Wildman–Crippen MR) is 67.5 cm³/mol. The molecule has 2 aromatic heterocycles. The minimum atomic E-state index is -0.463. The molecule has 0 aliphatic heterocycles. The van der Waals surface area contributed by atoms with Crippen LogP contribution in [-0.2, 0) is 13.0 Å². The molecule has 2 heterocycles. The summed E-state index contributed by atoms with van der Waals surface area (Å²) >= 11 is 1.24. The fourth-order valence-electron chi connectivity index (χ4n) is 1.45. The number of nitrogens with zero attached hydrogens (tertiary/aromatic N) is 3. The molecular formula is C9H12N6O2S. The summed E-state index contributed by atoms with van der Waals surface area (Å²) in [5.74, 6) is 5.19. The Morgan fingerprint density at radius 1 is 1.50 bits per heavy atom. The zero-order valence-electron chi connectivity index (χ0n) is 9.64. The van der Waals surface area contributed by atoms with Crippen LogP contribution in [0.15, 0.2) is 15.8 Å². The first kappa shape index (κ1) is 12.5. The molecule has 96 valence electrons.